The first-order chi connectivity index (χ1) is 10.0. The van der Waals surface area contributed by atoms with Gasteiger partial charge in [0.25, 0.3) is 0 Å². The van der Waals surface area contributed by atoms with Crippen LogP contribution >= 0.6 is 0 Å². The monoisotopic (exact) mass is 290 g/mol. The largest absolute Gasteiger partial charge is 0.494 e. The molecule has 0 aliphatic rings. The summed E-state index contributed by atoms with van der Waals surface area (Å²) in [4.78, 5) is 11.2. The molecule has 2 rings (SSSR count). The predicted octanol–water partition coefficient (Wildman–Crippen LogP) is 3.42. The fourth-order valence-corrected chi connectivity index (χ4v) is 1.90. The molecule has 0 aliphatic carbocycles. The van der Waals surface area contributed by atoms with E-state index in [9.17, 15) is 9.18 Å². The molecule has 0 bridgehead atoms. The van der Waals surface area contributed by atoms with E-state index in [1.165, 1.54) is 25.3 Å². The SMILES string of the molecule is COc1ccc(COc2ccc(C)cc2C(=O)O)cc1F. The number of hydrogen-bond donors (Lipinski definition) is 1. The second-order valence-corrected chi connectivity index (χ2v) is 4.56. The number of rotatable bonds is 5. The molecule has 0 unspecified atom stereocenters. The van der Waals surface area contributed by atoms with Crippen molar-refractivity contribution in [3.63, 3.8) is 0 Å². The molecular formula is C16H15FO4. The molecule has 4 nitrogen and oxygen atoms in total. The Morgan fingerprint density at radius 2 is 1.90 bits per heavy atom. The van der Waals surface area contributed by atoms with Crippen LogP contribution in [0.15, 0.2) is 36.4 Å². The summed E-state index contributed by atoms with van der Waals surface area (Å²) >= 11 is 0. The number of carboxylic acids is 1. The molecular weight excluding hydrogens is 275 g/mol. The average molecular weight is 290 g/mol. The molecule has 0 heterocycles. The Morgan fingerprint density at radius 3 is 2.52 bits per heavy atom. The van der Waals surface area contributed by atoms with Gasteiger partial charge in [-0.25, -0.2) is 9.18 Å². The molecule has 1 N–H and O–H groups in total. The molecule has 0 radical (unpaired) electrons. The molecule has 0 saturated heterocycles. The maximum Gasteiger partial charge on any atom is 0.339 e. The van der Waals surface area contributed by atoms with Crippen LogP contribution in [0.2, 0.25) is 0 Å². The fourth-order valence-electron chi connectivity index (χ4n) is 1.90. The van der Waals surface area contributed by atoms with Crippen molar-refractivity contribution in [1.82, 2.24) is 0 Å². The van der Waals surface area contributed by atoms with Crippen LogP contribution in [0.1, 0.15) is 21.5 Å². The summed E-state index contributed by atoms with van der Waals surface area (Å²) in [5.41, 5.74) is 1.50. The van der Waals surface area contributed by atoms with Gasteiger partial charge in [0.2, 0.25) is 0 Å². The Hall–Kier alpha value is -2.56. The lowest BCUT2D eigenvalue weighted by Gasteiger charge is -2.10. The third-order valence-corrected chi connectivity index (χ3v) is 2.98. The van der Waals surface area contributed by atoms with Gasteiger partial charge in [0.15, 0.2) is 11.6 Å². The van der Waals surface area contributed by atoms with Crippen LogP contribution in [0.25, 0.3) is 0 Å². The lowest BCUT2D eigenvalue weighted by molar-refractivity contribution is 0.0691. The quantitative estimate of drug-likeness (QED) is 0.916. The number of halogens is 1. The maximum atomic E-state index is 13.6. The van der Waals surface area contributed by atoms with Gasteiger partial charge in [-0.05, 0) is 36.8 Å². The highest BCUT2D eigenvalue weighted by Gasteiger charge is 2.12. The smallest absolute Gasteiger partial charge is 0.339 e. The number of methoxy groups -OCH3 is 1. The van der Waals surface area contributed by atoms with Crippen LogP contribution in [0.5, 0.6) is 11.5 Å². The Labute approximate surface area is 121 Å². The van der Waals surface area contributed by atoms with Crippen molar-refractivity contribution in [2.45, 2.75) is 13.5 Å². The van der Waals surface area contributed by atoms with Gasteiger partial charge in [-0.2, -0.15) is 0 Å². The van der Waals surface area contributed by atoms with E-state index in [4.69, 9.17) is 14.6 Å². The third kappa shape index (κ3) is 3.51. The van der Waals surface area contributed by atoms with Gasteiger partial charge in [0, 0.05) is 0 Å². The van der Waals surface area contributed by atoms with E-state index < -0.39 is 11.8 Å². The summed E-state index contributed by atoms with van der Waals surface area (Å²) in [5.74, 6) is -1.14. The molecule has 0 amide bonds. The van der Waals surface area contributed by atoms with E-state index in [1.54, 1.807) is 25.1 Å². The molecule has 110 valence electrons. The van der Waals surface area contributed by atoms with Crippen LogP contribution in [0, 0.1) is 12.7 Å². The normalized spacial score (nSPS) is 10.2. The van der Waals surface area contributed by atoms with Crippen molar-refractivity contribution in [2.24, 2.45) is 0 Å². The zero-order valence-electron chi connectivity index (χ0n) is 11.7. The Morgan fingerprint density at radius 1 is 1.19 bits per heavy atom. The molecule has 0 saturated carbocycles. The van der Waals surface area contributed by atoms with E-state index in [0.717, 1.165) is 5.56 Å². The zero-order chi connectivity index (χ0) is 15.4. The molecule has 21 heavy (non-hydrogen) atoms. The van der Waals surface area contributed by atoms with Crippen molar-refractivity contribution < 1.29 is 23.8 Å². The van der Waals surface area contributed by atoms with Crippen molar-refractivity contribution in [3.8, 4) is 11.5 Å². The molecule has 0 atom stereocenters. The molecule has 2 aromatic carbocycles. The van der Waals surface area contributed by atoms with Crippen molar-refractivity contribution >= 4 is 5.97 Å². The second-order valence-electron chi connectivity index (χ2n) is 4.56. The summed E-state index contributed by atoms with van der Waals surface area (Å²) in [7, 11) is 1.39. The van der Waals surface area contributed by atoms with Gasteiger partial charge in [-0.3, -0.25) is 0 Å². The van der Waals surface area contributed by atoms with E-state index in [2.05, 4.69) is 0 Å². The van der Waals surface area contributed by atoms with Crippen LogP contribution in [0.4, 0.5) is 4.39 Å². The van der Waals surface area contributed by atoms with Crippen LogP contribution in [0.3, 0.4) is 0 Å². The first-order valence-corrected chi connectivity index (χ1v) is 6.30. The lowest BCUT2D eigenvalue weighted by Crippen LogP contribution is -2.04. The van der Waals surface area contributed by atoms with Crippen molar-refractivity contribution in [2.75, 3.05) is 7.11 Å². The average Bonchev–Trinajstić information content (AvgIpc) is 2.46. The van der Waals surface area contributed by atoms with Crippen LogP contribution < -0.4 is 9.47 Å². The lowest BCUT2D eigenvalue weighted by atomic mass is 10.1. The van der Waals surface area contributed by atoms with Crippen LogP contribution in [-0.4, -0.2) is 18.2 Å². The Bertz CT molecular complexity index is 667. The number of carbonyl (C=O) groups is 1. The van der Waals surface area contributed by atoms with Crippen LogP contribution in [-0.2, 0) is 6.61 Å². The number of aromatic carboxylic acids is 1. The molecule has 0 spiro atoms. The molecule has 0 aromatic heterocycles. The van der Waals surface area contributed by atoms with Gasteiger partial charge in [0.05, 0.1) is 7.11 Å². The van der Waals surface area contributed by atoms with Gasteiger partial charge >= 0.3 is 5.97 Å². The molecule has 5 heteroatoms. The number of ether oxygens (including phenoxy) is 2. The highest BCUT2D eigenvalue weighted by molar-refractivity contribution is 5.91. The number of aryl methyl sites for hydroxylation is 1. The first kappa shape index (κ1) is 14.8. The minimum atomic E-state index is -1.06. The van der Waals surface area contributed by atoms with E-state index in [0.29, 0.717) is 5.56 Å². The van der Waals surface area contributed by atoms with Gasteiger partial charge in [-0.1, -0.05) is 17.7 Å². The minimum absolute atomic E-state index is 0.0737. The third-order valence-electron chi connectivity index (χ3n) is 2.98. The summed E-state index contributed by atoms with van der Waals surface area (Å²) in [5, 5.41) is 9.14. The minimum Gasteiger partial charge on any atom is -0.494 e. The second kappa shape index (κ2) is 6.26. The summed E-state index contributed by atoms with van der Waals surface area (Å²) in [6, 6.07) is 9.35. The highest BCUT2D eigenvalue weighted by Crippen LogP contribution is 2.23. The highest BCUT2D eigenvalue weighted by atomic mass is 19.1. The van der Waals surface area contributed by atoms with Crippen molar-refractivity contribution in [1.29, 1.82) is 0 Å². The molecule has 0 aliphatic heterocycles. The Balaban J connectivity index is 2.16. The van der Waals surface area contributed by atoms with E-state index >= 15 is 0 Å². The summed E-state index contributed by atoms with van der Waals surface area (Å²) in [6.07, 6.45) is 0. The number of benzene rings is 2. The fraction of sp³-hybridized carbons (Fsp3) is 0.188. The molecule has 2 aromatic rings. The summed E-state index contributed by atoms with van der Waals surface area (Å²) in [6.45, 7) is 1.87. The first-order valence-electron chi connectivity index (χ1n) is 6.30. The van der Waals surface area contributed by atoms with Crippen molar-refractivity contribution in [3.05, 3.63) is 58.9 Å². The maximum absolute atomic E-state index is 13.6. The number of carboxylic acid groups (broad SMARTS) is 1. The van der Waals surface area contributed by atoms with E-state index in [1.807, 2.05) is 0 Å². The number of hydrogen-bond acceptors (Lipinski definition) is 3. The predicted molar refractivity (Wildman–Crippen MR) is 75.4 cm³/mol. The standard InChI is InChI=1S/C16H15FO4/c1-10-3-5-14(12(7-10)16(18)19)21-9-11-4-6-15(20-2)13(17)8-11/h3-8H,9H2,1-2H3,(H,18,19). The van der Waals surface area contributed by atoms with E-state index in [-0.39, 0.29) is 23.7 Å². The Kier molecular flexibility index (Phi) is 4.42. The van der Waals surface area contributed by atoms with Gasteiger partial charge in [-0.15, -0.1) is 0 Å². The molecule has 0 fully saturated rings. The van der Waals surface area contributed by atoms with Gasteiger partial charge in [0.1, 0.15) is 17.9 Å². The summed E-state index contributed by atoms with van der Waals surface area (Å²) < 4.78 is 23.9. The topological polar surface area (TPSA) is 55.8 Å². The van der Waals surface area contributed by atoms with Gasteiger partial charge < -0.3 is 14.6 Å². The zero-order valence-corrected chi connectivity index (χ0v) is 11.7.